The minimum absolute atomic E-state index is 0.0589. The lowest BCUT2D eigenvalue weighted by Gasteiger charge is -2.17. The third-order valence-electron chi connectivity index (χ3n) is 4.66. The first kappa shape index (κ1) is 19.7. The van der Waals surface area contributed by atoms with Gasteiger partial charge in [0.2, 0.25) is 5.91 Å². The Morgan fingerprint density at radius 1 is 1.11 bits per heavy atom. The molecule has 146 valence electrons. The lowest BCUT2D eigenvalue weighted by molar-refractivity contribution is -0.129. The lowest BCUT2D eigenvalue weighted by atomic mass is 10.1. The van der Waals surface area contributed by atoms with E-state index in [9.17, 15) is 9.18 Å². The highest BCUT2D eigenvalue weighted by atomic mass is 19.1. The number of aryl methyl sites for hydroxylation is 3. The van der Waals surface area contributed by atoms with Crippen LogP contribution in [0.25, 0.3) is 5.95 Å². The SMILES string of the molecule is Cc1cc(C)nc(-n2nc(C)c(CC(=O)N(C)Cc3cccc(F)c3)c2C)n1. The molecule has 0 spiro atoms. The molecule has 28 heavy (non-hydrogen) atoms. The number of nitrogens with zero attached hydrogens (tertiary/aromatic N) is 5. The lowest BCUT2D eigenvalue weighted by Crippen LogP contribution is -2.28. The van der Waals surface area contributed by atoms with Gasteiger partial charge in [-0.3, -0.25) is 4.79 Å². The monoisotopic (exact) mass is 381 g/mol. The van der Waals surface area contributed by atoms with Crippen molar-refractivity contribution in [3.8, 4) is 5.95 Å². The molecule has 0 saturated carbocycles. The molecule has 2 aromatic heterocycles. The van der Waals surface area contributed by atoms with E-state index in [1.54, 1.807) is 28.8 Å². The predicted molar refractivity (Wildman–Crippen MR) is 105 cm³/mol. The van der Waals surface area contributed by atoms with Crippen molar-refractivity contribution in [2.75, 3.05) is 7.05 Å². The highest BCUT2D eigenvalue weighted by Gasteiger charge is 2.19. The molecule has 0 fully saturated rings. The summed E-state index contributed by atoms with van der Waals surface area (Å²) >= 11 is 0. The molecule has 0 radical (unpaired) electrons. The van der Waals surface area contributed by atoms with Crippen molar-refractivity contribution >= 4 is 5.91 Å². The molecule has 3 rings (SSSR count). The van der Waals surface area contributed by atoms with Crippen LogP contribution >= 0.6 is 0 Å². The van der Waals surface area contributed by atoms with Gasteiger partial charge in [-0.2, -0.15) is 5.10 Å². The minimum atomic E-state index is -0.306. The van der Waals surface area contributed by atoms with Crippen LogP contribution in [0.3, 0.4) is 0 Å². The standard InChI is InChI=1S/C21H24FN5O/c1-13-9-14(2)24-21(23-13)27-16(4)19(15(3)25-27)11-20(28)26(5)12-17-7-6-8-18(22)10-17/h6-10H,11-12H2,1-5H3. The number of likely N-dealkylation sites (N-methyl/N-ethyl adjacent to an activating group) is 1. The third kappa shape index (κ3) is 4.24. The summed E-state index contributed by atoms with van der Waals surface area (Å²) in [4.78, 5) is 23.2. The number of amides is 1. The Kier molecular flexibility index (Phi) is 5.53. The van der Waals surface area contributed by atoms with E-state index in [0.717, 1.165) is 33.9 Å². The van der Waals surface area contributed by atoms with Gasteiger partial charge in [0.25, 0.3) is 5.95 Å². The zero-order valence-corrected chi connectivity index (χ0v) is 16.8. The summed E-state index contributed by atoms with van der Waals surface area (Å²) in [5, 5.41) is 4.54. The van der Waals surface area contributed by atoms with Crippen LogP contribution in [0.15, 0.2) is 30.3 Å². The molecule has 2 heterocycles. The molecule has 0 aliphatic rings. The Morgan fingerprint density at radius 3 is 2.43 bits per heavy atom. The fourth-order valence-corrected chi connectivity index (χ4v) is 3.21. The van der Waals surface area contributed by atoms with Gasteiger partial charge in [-0.05, 0) is 51.5 Å². The maximum absolute atomic E-state index is 13.4. The first-order chi connectivity index (χ1) is 13.2. The average Bonchev–Trinajstić information content (AvgIpc) is 2.89. The normalized spacial score (nSPS) is 10.9. The predicted octanol–water partition coefficient (Wildman–Crippen LogP) is 3.24. The summed E-state index contributed by atoms with van der Waals surface area (Å²) in [5.41, 5.74) is 4.95. The van der Waals surface area contributed by atoms with E-state index < -0.39 is 0 Å². The Balaban J connectivity index is 1.80. The highest BCUT2D eigenvalue weighted by Crippen LogP contribution is 2.18. The Hall–Kier alpha value is -3.09. The Bertz CT molecular complexity index is 1010. The first-order valence-corrected chi connectivity index (χ1v) is 9.10. The number of aromatic nitrogens is 4. The average molecular weight is 381 g/mol. The van der Waals surface area contributed by atoms with Gasteiger partial charge in [0, 0.05) is 36.2 Å². The molecule has 0 atom stereocenters. The molecule has 1 amide bonds. The summed E-state index contributed by atoms with van der Waals surface area (Å²) in [6, 6.07) is 8.18. The Labute approximate surface area is 164 Å². The van der Waals surface area contributed by atoms with Gasteiger partial charge in [0.15, 0.2) is 0 Å². The van der Waals surface area contributed by atoms with Gasteiger partial charge in [-0.15, -0.1) is 0 Å². The van der Waals surface area contributed by atoms with Gasteiger partial charge in [0.05, 0.1) is 12.1 Å². The van der Waals surface area contributed by atoms with E-state index >= 15 is 0 Å². The second kappa shape index (κ2) is 7.88. The number of halogens is 1. The molecule has 0 aliphatic carbocycles. The van der Waals surface area contributed by atoms with Crippen LogP contribution in [0, 0.1) is 33.5 Å². The smallest absolute Gasteiger partial charge is 0.251 e. The largest absolute Gasteiger partial charge is 0.341 e. The van der Waals surface area contributed by atoms with Crippen LogP contribution in [-0.2, 0) is 17.8 Å². The molecule has 1 aromatic carbocycles. The third-order valence-corrected chi connectivity index (χ3v) is 4.66. The number of hydrogen-bond acceptors (Lipinski definition) is 4. The van der Waals surface area contributed by atoms with Crippen molar-refractivity contribution in [3.63, 3.8) is 0 Å². The van der Waals surface area contributed by atoms with Crippen LogP contribution in [0.5, 0.6) is 0 Å². The fraction of sp³-hybridized carbons (Fsp3) is 0.333. The summed E-state index contributed by atoms with van der Waals surface area (Å²) in [6.45, 7) is 7.96. The van der Waals surface area contributed by atoms with Crippen LogP contribution in [0.2, 0.25) is 0 Å². The van der Waals surface area contributed by atoms with Crippen molar-refractivity contribution in [2.24, 2.45) is 0 Å². The van der Waals surface area contributed by atoms with Crippen LogP contribution < -0.4 is 0 Å². The number of carbonyl (C=O) groups is 1. The maximum Gasteiger partial charge on any atom is 0.251 e. The van der Waals surface area contributed by atoms with E-state index in [0.29, 0.717) is 12.5 Å². The van der Waals surface area contributed by atoms with Crippen molar-refractivity contribution < 1.29 is 9.18 Å². The van der Waals surface area contributed by atoms with E-state index in [1.165, 1.54) is 12.1 Å². The van der Waals surface area contributed by atoms with Gasteiger partial charge >= 0.3 is 0 Å². The molecule has 0 saturated heterocycles. The summed E-state index contributed by atoms with van der Waals surface area (Å²) in [5.74, 6) is 0.140. The van der Waals surface area contributed by atoms with E-state index in [2.05, 4.69) is 15.1 Å². The zero-order chi connectivity index (χ0) is 20.4. The van der Waals surface area contributed by atoms with Crippen LogP contribution in [0.4, 0.5) is 4.39 Å². The molecule has 0 bridgehead atoms. The van der Waals surface area contributed by atoms with Crippen LogP contribution in [0.1, 0.15) is 33.9 Å². The van der Waals surface area contributed by atoms with Gasteiger partial charge in [-0.1, -0.05) is 12.1 Å². The molecule has 0 unspecified atom stereocenters. The summed E-state index contributed by atoms with van der Waals surface area (Å²) in [7, 11) is 1.72. The second-order valence-corrected chi connectivity index (χ2v) is 7.07. The number of benzene rings is 1. The molecule has 7 heteroatoms. The summed E-state index contributed by atoms with van der Waals surface area (Å²) < 4.78 is 15.1. The van der Waals surface area contributed by atoms with Crippen molar-refractivity contribution in [2.45, 2.75) is 40.7 Å². The zero-order valence-electron chi connectivity index (χ0n) is 16.8. The van der Waals surface area contributed by atoms with E-state index in [4.69, 9.17) is 0 Å². The van der Waals surface area contributed by atoms with Crippen molar-refractivity contribution in [3.05, 3.63) is 70.1 Å². The molecule has 0 aliphatic heterocycles. The topological polar surface area (TPSA) is 63.9 Å². The quantitative estimate of drug-likeness (QED) is 0.681. The minimum Gasteiger partial charge on any atom is -0.341 e. The van der Waals surface area contributed by atoms with Gasteiger partial charge in [0.1, 0.15) is 5.82 Å². The molecular weight excluding hydrogens is 357 g/mol. The Morgan fingerprint density at radius 2 is 1.79 bits per heavy atom. The highest BCUT2D eigenvalue weighted by molar-refractivity contribution is 5.79. The number of carbonyl (C=O) groups excluding carboxylic acids is 1. The van der Waals surface area contributed by atoms with E-state index in [-0.39, 0.29) is 18.1 Å². The second-order valence-electron chi connectivity index (χ2n) is 7.07. The van der Waals surface area contributed by atoms with Gasteiger partial charge in [-0.25, -0.2) is 19.0 Å². The fourth-order valence-electron chi connectivity index (χ4n) is 3.21. The van der Waals surface area contributed by atoms with E-state index in [1.807, 2.05) is 33.8 Å². The number of hydrogen-bond donors (Lipinski definition) is 0. The summed E-state index contributed by atoms with van der Waals surface area (Å²) in [6.07, 6.45) is 0.217. The van der Waals surface area contributed by atoms with Crippen molar-refractivity contribution in [1.29, 1.82) is 0 Å². The number of rotatable bonds is 5. The molecule has 0 N–H and O–H groups in total. The molecule has 6 nitrogen and oxygen atoms in total. The maximum atomic E-state index is 13.4. The molecular formula is C21H24FN5O. The van der Waals surface area contributed by atoms with Crippen molar-refractivity contribution in [1.82, 2.24) is 24.6 Å². The van der Waals surface area contributed by atoms with Crippen LogP contribution in [-0.4, -0.2) is 37.6 Å². The van der Waals surface area contributed by atoms with Gasteiger partial charge < -0.3 is 4.90 Å². The molecule has 3 aromatic rings. The first-order valence-electron chi connectivity index (χ1n) is 9.10.